The van der Waals surface area contributed by atoms with Gasteiger partial charge in [0.25, 0.3) is 0 Å². The molecule has 0 saturated carbocycles. The highest BCUT2D eigenvalue weighted by atomic mass is 32.1. The third-order valence-corrected chi connectivity index (χ3v) is 6.97. The Morgan fingerprint density at radius 1 is 1.23 bits per heavy atom. The van der Waals surface area contributed by atoms with Crippen LogP contribution in [0.3, 0.4) is 0 Å². The molecule has 1 fully saturated rings. The summed E-state index contributed by atoms with van der Waals surface area (Å²) in [6.07, 6.45) is 3.34. The fraction of sp³-hybridized carbons (Fsp3) is 0.391. The second kappa shape index (κ2) is 8.24. The van der Waals surface area contributed by atoms with E-state index >= 15 is 0 Å². The summed E-state index contributed by atoms with van der Waals surface area (Å²) in [5, 5.41) is 4.26. The Balaban J connectivity index is 1.26. The molecule has 1 amide bonds. The first-order valence-electron chi connectivity index (χ1n) is 10.5. The lowest BCUT2D eigenvalue weighted by molar-refractivity contribution is -0.123. The average Bonchev–Trinajstić information content (AvgIpc) is 3.40. The zero-order valence-corrected chi connectivity index (χ0v) is 17.8. The summed E-state index contributed by atoms with van der Waals surface area (Å²) in [5.41, 5.74) is 2.05. The van der Waals surface area contributed by atoms with Crippen LogP contribution in [0, 0.1) is 0 Å². The van der Waals surface area contributed by atoms with E-state index in [1.165, 1.54) is 11.1 Å². The highest BCUT2D eigenvalue weighted by Crippen LogP contribution is 2.36. The van der Waals surface area contributed by atoms with Crippen LogP contribution >= 0.6 is 11.3 Å². The highest BCUT2D eigenvalue weighted by Gasteiger charge is 2.28. The highest BCUT2D eigenvalue weighted by molar-refractivity contribution is 7.18. The van der Waals surface area contributed by atoms with Gasteiger partial charge in [-0.2, -0.15) is 0 Å². The minimum Gasteiger partial charge on any atom is -0.454 e. The van der Waals surface area contributed by atoms with Crippen LogP contribution in [0.4, 0.5) is 0 Å². The number of nitrogens with one attached hydrogen (secondary N) is 1. The van der Waals surface area contributed by atoms with Crippen molar-refractivity contribution in [3.05, 3.63) is 53.0 Å². The van der Waals surface area contributed by atoms with Crippen LogP contribution in [0.2, 0.25) is 0 Å². The molecule has 1 aromatic heterocycles. The first kappa shape index (κ1) is 19.3. The molecule has 2 atom stereocenters. The molecular formula is C23H25N3O3S. The van der Waals surface area contributed by atoms with Crippen molar-refractivity contribution in [1.29, 1.82) is 0 Å². The van der Waals surface area contributed by atoms with Crippen LogP contribution in [0.15, 0.2) is 42.5 Å². The van der Waals surface area contributed by atoms with Gasteiger partial charge in [-0.15, -0.1) is 11.3 Å². The zero-order valence-electron chi connectivity index (χ0n) is 17.0. The Hall–Kier alpha value is -2.64. The largest absolute Gasteiger partial charge is 0.454 e. The third-order valence-electron chi connectivity index (χ3n) is 5.83. The lowest BCUT2D eigenvalue weighted by atomic mass is 10.0. The number of ether oxygens (including phenoxy) is 2. The van der Waals surface area contributed by atoms with Gasteiger partial charge < -0.3 is 14.8 Å². The molecule has 2 aliphatic rings. The molecule has 156 valence electrons. The van der Waals surface area contributed by atoms with E-state index in [1.54, 1.807) is 11.3 Å². The fourth-order valence-corrected chi connectivity index (χ4v) is 5.37. The molecule has 1 saturated heterocycles. The number of thiazole rings is 1. The number of rotatable bonds is 5. The van der Waals surface area contributed by atoms with E-state index in [0.29, 0.717) is 6.54 Å². The molecule has 2 aromatic carbocycles. The van der Waals surface area contributed by atoms with E-state index in [1.807, 2.05) is 37.3 Å². The predicted octanol–water partition coefficient (Wildman–Crippen LogP) is 4.43. The number of hydrogen-bond acceptors (Lipinski definition) is 6. The first-order chi connectivity index (χ1) is 14.7. The topological polar surface area (TPSA) is 63.7 Å². The maximum Gasteiger partial charge on any atom is 0.234 e. The Morgan fingerprint density at radius 2 is 2.10 bits per heavy atom. The molecule has 0 aliphatic carbocycles. The molecule has 6 nitrogen and oxygen atoms in total. The number of hydrogen-bond donors (Lipinski definition) is 1. The lowest BCUT2D eigenvalue weighted by Crippen LogP contribution is -2.42. The number of carbonyl (C=O) groups excluding carboxylic acids is 1. The smallest absolute Gasteiger partial charge is 0.234 e. The fourth-order valence-electron chi connectivity index (χ4n) is 4.23. The van der Waals surface area contributed by atoms with Crippen molar-refractivity contribution in [3.8, 4) is 11.5 Å². The number of nitrogens with zero attached hydrogens (tertiary/aromatic N) is 2. The molecule has 0 radical (unpaired) electrons. The van der Waals surface area contributed by atoms with Gasteiger partial charge in [0.15, 0.2) is 11.5 Å². The normalized spacial score (nSPS) is 19.7. The van der Waals surface area contributed by atoms with Gasteiger partial charge in [0, 0.05) is 0 Å². The number of para-hydroxylation sites is 1. The predicted molar refractivity (Wildman–Crippen MR) is 117 cm³/mol. The number of aromatic nitrogens is 1. The van der Waals surface area contributed by atoms with Crippen molar-refractivity contribution in [2.45, 2.75) is 38.3 Å². The molecular weight excluding hydrogens is 398 g/mol. The Kier molecular flexibility index (Phi) is 5.31. The van der Waals surface area contributed by atoms with Gasteiger partial charge >= 0.3 is 0 Å². The minimum absolute atomic E-state index is 0.0353. The molecule has 5 rings (SSSR count). The Morgan fingerprint density at radius 3 is 3.00 bits per heavy atom. The van der Waals surface area contributed by atoms with E-state index in [-0.39, 0.29) is 24.8 Å². The Bertz CT molecular complexity index is 1030. The van der Waals surface area contributed by atoms with Gasteiger partial charge in [-0.1, -0.05) is 24.6 Å². The van der Waals surface area contributed by atoms with E-state index in [4.69, 9.17) is 14.5 Å². The van der Waals surface area contributed by atoms with Gasteiger partial charge in [0.1, 0.15) is 5.01 Å². The standard InChI is InChI=1S/C23H25N3O3S/c1-15(16-9-10-19-20(12-16)29-14-28-19)24-22(27)13-26-11-5-4-7-18(26)23-25-17-6-2-3-8-21(17)30-23/h2-3,6,8-10,12,15,18H,4-5,7,11,13-14H2,1H3,(H,24,27)/t15-,18-/m0/s1. The maximum atomic E-state index is 12.9. The second-order valence-corrected chi connectivity index (χ2v) is 8.97. The number of piperidine rings is 1. The van der Waals surface area contributed by atoms with Crippen LogP contribution in [0.25, 0.3) is 10.2 Å². The quantitative estimate of drug-likeness (QED) is 0.658. The average molecular weight is 424 g/mol. The van der Waals surface area contributed by atoms with Crippen molar-refractivity contribution < 1.29 is 14.3 Å². The van der Waals surface area contributed by atoms with Crippen LogP contribution < -0.4 is 14.8 Å². The SMILES string of the molecule is C[C@H](NC(=O)CN1CCCC[C@H]1c1nc2ccccc2s1)c1ccc2c(c1)OCO2. The van der Waals surface area contributed by atoms with Crippen molar-refractivity contribution in [1.82, 2.24) is 15.2 Å². The van der Waals surface area contributed by atoms with Gasteiger partial charge in [-0.3, -0.25) is 9.69 Å². The van der Waals surface area contributed by atoms with Crippen molar-refractivity contribution in [3.63, 3.8) is 0 Å². The van der Waals surface area contributed by atoms with Crippen LogP contribution in [-0.4, -0.2) is 35.7 Å². The summed E-state index contributed by atoms with van der Waals surface area (Å²) < 4.78 is 12.0. The van der Waals surface area contributed by atoms with Crippen molar-refractivity contribution in [2.24, 2.45) is 0 Å². The van der Waals surface area contributed by atoms with Crippen LogP contribution in [0.1, 0.15) is 48.8 Å². The number of likely N-dealkylation sites (tertiary alicyclic amines) is 1. The van der Waals surface area contributed by atoms with Crippen molar-refractivity contribution >= 4 is 27.5 Å². The molecule has 7 heteroatoms. The summed E-state index contributed by atoms with van der Waals surface area (Å²) in [6, 6.07) is 14.2. The summed E-state index contributed by atoms with van der Waals surface area (Å²) >= 11 is 1.75. The molecule has 0 spiro atoms. The zero-order chi connectivity index (χ0) is 20.5. The van der Waals surface area contributed by atoms with Gasteiger partial charge in [-0.25, -0.2) is 4.98 Å². The monoisotopic (exact) mass is 423 g/mol. The van der Waals surface area contributed by atoms with Gasteiger partial charge in [0.05, 0.1) is 28.8 Å². The summed E-state index contributed by atoms with van der Waals surface area (Å²) in [5.74, 6) is 1.53. The summed E-state index contributed by atoms with van der Waals surface area (Å²) in [4.78, 5) is 20.0. The number of carbonyl (C=O) groups is 1. The minimum atomic E-state index is -0.0994. The third kappa shape index (κ3) is 3.87. The molecule has 3 aromatic rings. The van der Waals surface area contributed by atoms with Crippen molar-refractivity contribution in [2.75, 3.05) is 19.9 Å². The maximum absolute atomic E-state index is 12.9. The molecule has 30 heavy (non-hydrogen) atoms. The summed E-state index contributed by atoms with van der Waals surface area (Å²) in [7, 11) is 0. The Labute approximate surface area is 179 Å². The molecule has 0 bridgehead atoms. The lowest BCUT2D eigenvalue weighted by Gasteiger charge is -2.34. The van der Waals surface area contributed by atoms with E-state index in [0.717, 1.165) is 47.0 Å². The molecule has 1 N–H and O–H groups in total. The molecule has 2 aliphatic heterocycles. The van der Waals surface area contributed by atoms with Crippen LogP contribution in [-0.2, 0) is 4.79 Å². The number of benzene rings is 2. The molecule has 0 unspecified atom stereocenters. The summed E-state index contributed by atoms with van der Waals surface area (Å²) in [6.45, 7) is 3.56. The number of amides is 1. The van der Waals surface area contributed by atoms with E-state index < -0.39 is 0 Å². The first-order valence-corrected chi connectivity index (χ1v) is 11.3. The van der Waals surface area contributed by atoms with E-state index in [9.17, 15) is 4.79 Å². The van der Waals surface area contributed by atoms with E-state index in [2.05, 4.69) is 22.3 Å². The van der Waals surface area contributed by atoms with Crippen LogP contribution in [0.5, 0.6) is 11.5 Å². The second-order valence-electron chi connectivity index (χ2n) is 7.90. The molecule has 3 heterocycles. The van der Waals surface area contributed by atoms with Gasteiger partial charge in [0.2, 0.25) is 12.7 Å². The number of fused-ring (bicyclic) bond motifs is 2. The van der Waals surface area contributed by atoms with Gasteiger partial charge in [-0.05, 0) is 56.1 Å².